The number of carbonyl (C=O) groups excluding carboxylic acids is 1. The highest BCUT2D eigenvalue weighted by Gasteiger charge is 2.09. The van der Waals surface area contributed by atoms with Gasteiger partial charge in [0.15, 0.2) is 5.13 Å². The number of nitrogens with one attached hydrogen (secondary N) is 1. The number of benzene rings is 1. The number of hydrogen-bond acceptors (Lipinski definition) is 6. The third-order valence-corrected chi connectivity index (χ3v) is 4.01. The lowest BCUT2D eigenvalue weighted by Crippen LogP contribution is -2.07. The van der Waals surface area contributed by atoms with Gasteiger partial charge in [-0.3, -0.25) is 4.79 Å². The number of carbonyl (C=O) groups is 1. The number of aromatic nitrogens is 1. The number of methoxy groups -OCH3 is 1. The number of hydrogen-bond donors (Lipinski definition) is 1. The molecule has 0 unspecified atom stereocenters. The molecule has 7 heteroatoms. The summed E-state index contributed by atoms with van der Waals surface area (Å²) >= 11 is 4.88. The molecule has 112 valence electrons. The zero-order chi connectivity index (χ0) is 15.2. The molecule has 0 fully saturated rings. The van der Waals surface area contributed by atoms with E-state index in [0.29, 0.717) is 12.3 Å². The van der Waals surface area contributed by atoms with Gasteiger partial charge in [0.25, 0.3) is 0 Å². The maximum absolute atomic E-state index is 11.4. The molecule has 0 saturated carbocycles. The van der Waals surface area contributed by atoms with Crippen molar-refractivity contribution >= 4 is 44.1 Å². The molecule has 2 rings (SSSR count). The van der Waals surface area contributed by atoms with E-state index in [0.717, 1.165) is 21.0 Å². The Morgan fingerprint density at radius 2 is 2.29 bits per heavy atom. The van der Waals surface area contributed by atoms with Crippen LogP contribution in [-0.2, 0) is 16.0 Å². The molecular formula is C14H15BrN2O3S. The molecular weight excluding hydrogens is 356 g/mol. The molecule has 1 heterocycles. The van der Waals surface area contributed by atoms with E-state index < -0.39 is 0 Å². The van der Waals surface area contributed by atoms with Crippen molar-refractivity contribution in [3.63, 3.8) is 0 Å². The predicted octanol–water partition coefficient (Wildman–Crippen LogP) is 3.76. The molecule has 1 aromatic carbocycles. The van der Waals surface area contributed by atoms with E-state index in [1.54, 1.807) is 14.0 Å². The Balaban J connectivity index is 2.02. The van der Waals surface area contributed by atoms with E-state index in [1.165, 1.54) is 11.3 Å². The Hall–Kier alpha value is -1.60. The molecule has 0 bridgehead atoms. The minimum atomic E-state index is -0.262. The number of thiazole rings is 1. The minimum Gasteiger partial charge on any atom is -0.496 e. The third kappa shape index (κ3) is 4.44. The van der Waals surface area contributed by atoms with Gasteiger partial charge in [-0.1, -0.05) is 0 Å². The first kappa shape index (κ1) is 15.8. The lowest BCUT2D eigenvalue weighted by Gasteiger charge is -2.06. The summed E-state index contributed by atoms with van der Waals surface area (Å²) in [6.45, 7) is 2.17. The zero-order valence-electron chi connectivity index (χ0n) is 11.7. The minimum absolute atomic E-state index is 0.193. The van der Waals surface area contributed by atoms with Crippen LogP contribution in [0.1, 0.15) is 12.6 Å². The molecule has 0 spiro atoms. The van der Waals surface area contributed by atoms with Crippen molar-refractivity contribution in [2.24, 2.45) is 0 Å². The molecule has 0 atom stereocenters. The normalized spacial score (nSPS) is 10.2. The highest BCUT2D eigenvalue weighted by Crippen LogP contribution is 2.30. The fourth-order valence-electron chi connectivity index (χ4n) is 1.67. The van der Waals surface area contributed by atoms with Gasteiger partial charge in [0.05, 0.1) is 30.3 Å². The molecule has 0 radical (unpaired) electrons. The summed E-state index contributed by atoms with van der Waals surface area (Å²) in [6, 6.07) is 5.67. The van der Waals surface area contributed by atoms with E-state index in [4.69, 9.17) is 9.47 Å². The Kier molecular flexibility index (Phi) is 5.58. The van der Waals surface area contributed by atoms with Crippen LogP contribution < -0.4 is 10.1 Å². The number of nitrogens with zero attached hydrogens (tertiary/aromatic N) is 1. The lowest BCUT2D eigenvalue weighted by molar-refractivity contribution is -0.142. The van der Waals surface area contributed by atoms with Gasteiger partial charge < -0.3 is 14.8 Å². The summed E-state index contributed by atoms with van der Waals surface area (Å²) in [5.41, 5.74) is 1.59. The van der Waals surface area contributed by atoms with Crippen LogP contribution in [0.3, 0.4) is 0 Å². The van der Waals surface area contributed by atoms with E-state index >= 15 is 0 Å². The fraction of sp³-hybridized carbons (Fsp3) is 0.286. The van der Waals surface area contributed by atoms with Gasteiger partial charge in [-0.15, -0.1) is 11.3 Å². The Labute approximate surface area is 135 Å². The van der Waals surface area contributed by atoms with Crippen molar-refractivity contribution in [2.45, 2.75) is 13.3 Å². The monoisotopic (exact) mass is 370 g/mol. The topological polar surface area (TPSA) is 60.5 Å². The number of rotatable bonds is 6. The highest BCUT2D eigenvalue weighted by molar-refractivity contribution is 9.10. The van der Waals surface area contributed by atoms with Gasteiger partial charge in [-0.2, -0.15) is 0 Å². The lowest BCUT2D eigenvalue weighted by atomic mass is 10.3. The summed E-state index contributed by atoms with van der Waals surface area (Å²) in [4.78, 5) is 15.8. The summed E-state index contributed by atoms with van der Waals surface area (Å²) in [5, 5.41) is 5.76. The van der Waals surface area contributed by atoms with E-state index in [-0.39, 0.29) is 12.4 Å². The van der Waals surface area contributed by atoms with Crippen molar-refractivity contribution in [1.29, 1.82) is 0 Å². The predicted molar refractivity (Wildman–Crippen MR) is 86.4 cm³/mol. The summed E-state index contributed by atoms with van der Waals surface area (Å²) in [5.74, 6) is 0.504. The SMILES string of the molecule is CCOC(=O)Cc1csc(Nc2ccc(OC)c(Br)c2)n1. The number of anilines is 2. The Morgan fingerprint density at radius 1 is 1.48 bits per heavy atom. The highest BCUT2D eigenvalue weighted by atomic mass is 79.9. The van der Waals surface area contributed by atoms with E-state index in [1.807, 2.05) is 23.6 Å². The third-order valence-electron chi connectivity index (χ3n) is 2.59. The van der Waals surface area contributed by atoms with Gasteiger partial charge in [0, 0.05) is 11.1 Å². The van der Waals surface area contributed by atoms with Gasteiger partial charge in [0.2, 0.25) is 0 Å². The van der Waals surface area contributed by atoms with Crippen LogP contribution in [0.25, 0.3) is 0 Å². The first-order valence-electron chi connectivity index (χ1n) is 6.33. The molecule has 0 saturated heterocycles. The summed E-state index contributed by atoms with van der Waals surface area (Å²) in [7, 11) is 1.62. The molecule has 1 N–H and O–H groups in total. The van der Waals surface area contributed by atoms with E-state index in [2.05, 4.69) is 26.2 Å². The molecule has 1 aromatic heterocycles. The smallest absolute Gasteiger partial charge is 0.311 e. The van der Waals surface area contributed by atoms with Crippen molar-refractivity contribution in [3.8, 4) is 5.75 Å². The largest absolute Gasteiger partial charge is 0.496 e. The number of esters is 1. The number of halogens is 1. The molecule has 2 aromatic rings. The summed E-state index contributed by atoms with van der Waals surface area (Å²) in [6.07, 6.45) is 0.193. The van der Waals surface area contributed by atoms with Crippen LogP contribution in [0.15, 0.2) is 28.1 Å². The van der Waals surface area contributed by atoms with Gasteiger partial charge in [-0.05, 0) is 41.1 Å². The second-order valence-electron chi connectivity index (χ2n) is 4.10. The van der Waals surface area contributed by atoms with Crippen molar-refractivity contribution in [1.82, 2.24) is 4.98 Å². The molecule has 21 heavy (non-hydrogen) atoms. The molecule has 0 aliphatic carbocycles. The molecule has 0 aliphatic heterocycles. The summed E-state index contributed by atoms with van der Waals surface area (Å²) < 4.78 is 10.9. The second kappa shape index (κ2) is 7.42. The zero-order valence-corrected chi connectivity index (χ0v) is 14.1. The first-order chi connectivity index (χ1) is 10.1. The molecule has 5 nitrogen and oxygen atoms in total. The quantitative estimate of drug-likeness (QED) is 0.784. The van der Waals surface area contributed by atoms with Crippen LogP contribution in [0, 0.1) is 0 Å². The van der Waals surface area contributed by atoms with Gasteiger partial charge in [0.1, 0.15) is 5.75 Å². The number of ether oxygens (including phenoxy) is 2. The Morgan fingerprint density at radius 3 is 2.95 bits per heavy atom. The van der Waals surface area contributed by atoms with Crippen molar-refractivity contribution in [3.05, 3.63) is 33.7 Å². The van der Waals surface area contributed by atoms with Crippen LogP contribution >= 0.6 is 27.3 Å². The fourth-order valence-corrected chi connectivity index (χ4v) is 2.94. The molecule has 0 amide bonds. The van der Waals surface area contributed by atoms with Gasteiger partial charge >= 0.3 is 5.97 Å². The van der Waals surface area contributed by atoms with Crippen LogP contribution in [-0.4, -0.2) is 24.7 Å². The van der Waals surface area contributed by atoms with Crippen LogP contribution in [0.2, 0.25) is 0 Å². The van der Waals surface area contributed by atoms with Gasteiger partial charge in [-0.25, -0.2) is 4.98 Å². The molecule has 0 aliphatic rings. The van der Waals surface area contributed by atoms with Crippen LogP contribution in [0.5, 0.6) is 5.75 Å². The second-order valence-corrected chi connectivity index (χ2v) is 5.81. The first-order valence-corrected chi connectivity index (χ1v) is 8.00. The van der Waals surface area contributed by atoms with E-state index in [9.17, 15) is 4.79 Å². The Bertz CT molecular complexity index is 630. The van der Waals surface area contributed by atoms with Crippen molar-refractivity contribution < 1.29 is 14.3 Å². The average molecular weight is 371 g/mol. The van der Waals surface area contributed by atoms with Crippen LogP contribution in [0.4, 0.5) is 10.8 Å². The maximum atomic E-state index is 11.4. The average Bonchev–Trinajstić information content (AvgIpc) is 2.86. The maximum Gasteiger partial charge on any atom is 0.311 e. The van der Waals surface area contributed by atoms with Crippen molar-refractivity contribution in [2.75, 3.05) is 19.0 Å². The standard InChI is InChI=1S/C14H15BrN2O3S/c1-3-20-13(18)7-10-8-21-14(17-10)16-9-4-5-12(19-2)11(15)6-9/h4-6,8H,3,7H2,1-2H3,(H,16,17).